The number of hydrogen-bond donors (Lipinski definition) is 1. The number of aryl methyl sites for hydroxylation is 1. The quantitative estimate of drug-likeness (QED) is 0.502. The maximum Gasteiger partial charge on any atom is 0.312 e. The molecule has 144 valence electrons. The minimum absolute atomic E-state index is 0.0453. The first kappa shape index (κ1) is 19.2. The van der Waals surface area contributed by atoms with E-state index in [1.165, 1.54) is 0 Å². The monoisotopic (exact) mass is 379 g/mol. The molecule has 3 rings (SSSR count). The minimum atomic E-state index is -0.410. The van der Waals surface area contributed by atoms with E-state index < -0.39 is 4.92 Å². The number of hydrogen-bond acceptors (Lipinski definition) is 5. The van der Waals surface area contributed by atoms with Gasteiger partial charge in [0.25, 0.3) is 5.91 Å². The Bertz CT molecular complexity index is 981. The molecule has 1 amide bonds. The largest absolute Gasteiger partial charge is 0.352 e. The molecule has 0 fully saturated rings. The zero-order chi connectivity index (χ0) is 20.1. The van der Waals surface area contributed by atoms with Crippen molar-refractivity contribution in [3.8, 4) is 0 Å². The van der Waals surface area contributed by atoms with E-state index in [2.05, 4.69) is 15.4 Å². The summed E-state index contributed by atoms with van der Waals surface area (Å²) in [6, 6.07) is 12.8. The van der Waals surface area contributed by atoms with Crippen LogP contribution in [0.15, 0.2) is 48.7 Å². The summed E-state index contributed by atoms with van der Waals surface area (Å²) in [6.45, 7) is 4.22. The molecule has 0 saturated heterocycles. The lowest BCUT2D eigenvalue weighted by Gasteiger charge is -2.07. The third kappa shape index (κ3) is 4.40. The SMILES string of the molecule is Cc1nn(Cc2ccc(C(=O)NCCc3ccccn3)cc2)c(C)c1[N+](=O)[O-]. The number of nitro groups is 1. The van der Waals surface area contributed by atoms with E-state index in [1.54, 1.807) is 36.9 Å². The predicted octanol–water partition coefficient (Wildman–Crippen LogP) is 2.82. The van der Waals surface area contributed by atoms with Crippen LogP contribution in [0.3, 0.4) is 0 Å². The second-order valence-electron chi connectivity index (χ2n) is 6.46. The van der Waals surface area contributed by atoms with Gasteiger partial charge in [-0.3, -0.25) is 24.6 Å². The van der Waals surface area contributed by atoms with Crippen LogP contribution in [0.2, 0.25) is 0 Å². The van der Waals surface area contributed by atoms with Gasteiger partial charge >= 0.3 is 5.69 Å². The highest BCUT2D eigenvalue weighted by atomic mass is 16.6. The highest BCUT2D eigenvalue weighted by Crippen LogP contribution is 2.22. The Morgan fingerprint density at radius 2 is 1.93 bits per heavy atom. The highest BCUT2D eigenvalue weighted by molar-refractivity contribution is 5.94. The van der Waals surface area contributed by atoms with Crippen LogP contribution in [-0.2, 0) is 13.0 Å². The van der Waals surface area contributed by atoms with Crippen LogP contribution >= 0.6 is 0 Å². The fourth-order valence-electron chi connectivity index (χ4n) is 2.99. The molecule has 2 aromatic heterocycles. The van der Waals surface area contributed by atoms with E-state index in [0.29, 0.717) is 36.5 Å². The first-order valence-electron chi connectivity index (χ1n) is 8.91. The molecule has 3 aromatic rings. The molecule has 28 heavy (non-hydrogen) atoms. The summed E-state index contributed by atoms with van der Waals surface area (Å²) >= 11 is 0. The van der Waals surface area contributed by atoms with Crippen LogP contribution in [0.1, 0.15) is 33.0 Å². The summed E-state index contributed by atoms with van der Waals surface area (Å²) in [6.07, 6.45) is 2.40. The average molecular weight is 379 g/mol. The molecule has 0 radical (unpaired) electrons. The topological polar surface area (TPSA) is 103 Å². The van der Waals surface area contributed by atoms with Crippen molar-refractivity contribution >= 4 is 11.6 Å². The van der Waals surface area contributed by atoms with Crippen molar-refractivity contribution in [1.29, 1.82) is 0 Å². The maximum absolute atomic E-state index is 12.3. The molecule has 0 aliphatic heterocycles. The number of pyridine rings is 1. The second kappa shape index (κ2) is 8.43. The molecule has 8 nitrogen and oxygen atoms in total. The molecule has 0 saturated carbocycles. The van der Waals surface area contributed by atoms with E-state index in [1.807, 2.05) is 30.3 Å². The fraction of sp³-hybridized carbons (Fsp3) is 0.250. The zero-order valence-corrected chi connectivity index (χ0v) is 15.8. The lowest BCUT2D eigenvalue weighted by atomic mass is 10.1. The van der Waals surface area contributed by atoms with Crippen LogP contribution in [0.5, 0.6) is 0 Å². The summed E-state index contributed by atoms with van der Waals surface area (Å²) in [5.74, 6) is -0.149. The van der Waals surface area contributed by atoms with E-state index in [4.69, 9.17) is 0 Å². The molecule has 1 N–H and O–H groups in total. The molecule has 0 atom stereocenters. The Hall–Kier alpha value is -3.55. The first-order valence-corrected chi connectivity index (χ1v) is 8.91. The Morgan fingerprint density at radius 3 is 2.54 bits per heavy atom. The van der Waals surface area contributed by atoms with Crippen LogP contribution in [-0.4, -0.2) is 32.1 Å². The second-order valence-corrected chi connectivity index (χ2v) is 6.46. The zero-order valence-electron chi connectivity index (χ0n) is 15.8. The molecule has 0 unspecified atom stereocenters. The van der Waals surface area contributed by atoms with E-state index in [-0.39, 0.29) is 11.6 Å². The van der Waals surface area contributed by atoms with Gasteiger partial charge in [-0.05, 0) is 43.7 Å². The normalized spacial score (nSPS) is 10.6. The van der Waals surface area contributed by atoms with Gasteiger partial charge in [-0.2, -0.15) is 5.10 Å². The van der Waals surface area contributed by atoms with Gasteiger partial charge in [-0.25, -0.2) is 0 Å². The smallest absolute Gasteiger partial charge is 0.312 e. The number of aromatic nitrogens is 3. The minimum Gasteiger partial charge on any atom is -0.352 e. The number of benzene rings is 1. The van der Waals surface area contributed by atoms with Crippen molar-refractivity contribution in [2.24, 2.45) is 0 Å². The summed E-state index contributed by atoms with van der Waals surface area (Å²) in [5.41, 5.74) is 3.35. The van der Waals surface area contributed by atoms with Gasteiger partial charge in [0.1, 0.15) is 11.4 Å². The molecule has 0 spiro atoms. The third-order valence-electron chi connectivity index (χ3n) is 4.47. The van der Waals surface area contributed by atoms with E-state index in [9.17, 15) is 14.9 Å². The average Bonchev–Trinajstić information content (AvgIpc) is 2.96. The molecule has 0 bridgehead atoms. The highest BCUT2D eigenvalue weighted by Gasteiger charge is 2.21. The van der Waals surface area contributed by atoms with Gasteiger partial charge in [-0.15, -0.1) is 0 Å². The van der Waals surface area contributed by atoms with Crippen molar-refractivity contribution in [2.75, 3.05) is 6.54 Å². The summed E-state index contributed by atoms with van der Waals surface area (Å²) in [5, 5.41) is 18.2. The molecular formula is C20H21N5O3. The fourth-order valence-corrected chi connectivity index (χ4v) is 2.99. The number of carbonyl (C=O) groups is 1. The summed E-state index contributed by atoms with van der Waals surface area (Å²) < 4.78 is 1.61. The lowest BCUT2D eigenvalue weighted by molar-refractivity contribution is -0.386. The van der Waals surface area contributed by atoms with Gasteiger partial charge in [0.15, 0.2) is 0 Å². The Labute approximate surface area is 162 Å². The van der Waals surface area contributed by atoms with Gasteiger partial charge in [-0.1, -0.05) is 18.2 Å². The van der Waals surface area contributed by atoms with Crippen LogP contribution < -0.4 is 5.32 Å². The van der Waals surface area contributed by atoms with Gasteiger partial charge in [0.05, 0.1) is 11.5 Å². The van der Waals surface area contributed by atoms with Crippen molar-refractivity contribution < 1.29 is 9.72 Å². The van der Waals surface area contributed by atoms with Gasteiger partial charge in [0, 0.05) is 30.4 Å². The summed E-state index contributed by atoms with van der Waals surface area (Å²) in [7, 11) is 0. The van der Waals surface area contributed by atoms with Crippen LogP contribution in [0.25, 0.3) is 0 Å². The Morgan fingerprint density at radius 1 is 1.18 bits per heavy atom. The Kier molecular flexibility index (Phi) is 5.78. The van der Waals surface area contributed by atoms with Crippen molar-refractivity contribution in [3.63, 3.8) is 0 Å². The Balaban J connectivity index is 1.59. The van der Waals surface area contributed by atoms with Crippen molar-refractivity contribution in [2.45, 2.75) is 26.8 Å². The molecule has 2 heterocycles. The van der Waals surface area contributed by atoms with Crippen LogP contribution in [0.4, 0.5) is 5.69 Å². The standard InChI is InChI=1S/C20H21N5O3/c1-14-19(25(27)28)15(2)24(23-14)13-16-6-8-17(9-7-16)20(26)22-12-10-18-5-3-4-11-21-18/h3-9,11H,10,12-13H2,1-2H3,(H,22,26). The van der Waals surface area contributed by atoms with Gasteiger partial charge in [0.2, 0.25) is 0 Å². The number of nitrogens with one attached hydrogen (secondary N) is 1. The van der Waals surface area contributed by atoms with Crippen molar-refractivity contribution in [1.82, 2.24) is 20.1 Å². The van der Waals surface area contributed by atoms with Gasteiger partial charge < -0.3 is 5.32 Å². The predicted molar refractivity (Wildman–Crippen MR) is 104 cm³/mol. The number of nitrogens with zero attached hydrogens (tertiary/aromatic N) is 4. The summed E-state index contributed by atoms with van der Waals surface area (Å²) in [4.78, 5) is 27.2. The van der Waals surface area contributed by atoms with Crippen LogP contribution in [0, 0.1) is 24.0 Å². The molecule has 8 heteroatoms. The van der Waals surface area contributed by atoms with E-state index >= 15 is 0 Å². The maximum atomic E-state index is 12.3. The molecular weight excluding hydrogens is 358 g/mol. The molecule has 0 aliphatic rings. The lowest BCUT2D eigenvalue weighted by Crippen LogP contribution is -2.25. The van der Waals surface area contributed by atoms with E-state index in [0.717, 1.165) is 11.3 Å². The first-order chi connectivity index (χ1) is 13.5. The number of rotatable bonds is 7. The molecule has 1 aromatic carbocycles. The number of amides is 1. The third-order valence-corrected chi connectivity index (χ3v) is 4.47. The van der Waals surface area contributed by atoms with Crippen molar-refractivity contribution in [3.05, 3.63) is 87.0 Å². The molecule has 0 aliphatic carbocycles. The number of carbonyl (C=O) groups excluding carboxylic acids is 1.